The molecule has 0 spiro atoms. The smallest absolute Gasteiger partial charge is 0.0657 e. The SMILES string of the molecule is CC(C)C1C2C[C@@]3(C)C(O)CC[C@](C)(O)C3C21. The topological polar surface area (TPSA) is 40.5 Å². The van der Waals surface area contributed by atoms with Gasteiger partial charge in [-0.3, -0.25) is 0 Å². The number of hydrogen-bond acceptors (Lipinski definition) is 2. The van der Waals surface area contributed by atoms with Crippen LogP contribution in [-0.2, 0) is 0 Å². The third kappa shape index (κ3) is 1.40. The highest BCUT2D eigenvalue weighted by Crippen LogP contribution is 2.73. The Hall–Kier alpha value is -0.0800. The molecular weight excluding hydrogens is 212 g/mol. The van der Waals surface area contributed by atoms with Gasteiger partial charge in [-0.25, -0.2) is 0 Å². The molecule has 5 unspecified atom stereocenters. The molecule has 0 aromatic rings. The molecule has 0 saturated heterocycles. The van der Waals surface area contributed by atoms with Crippen molar-refractivity contribution in [3.8, 4) is 0 Å². The second-order valence-electron chi connectivity index (χ2n) is 7.66. The average Bonchev–Trinajstić information content (AvgIpc) is 2.77. The molecule has 17 heavy (non-hydrogen) atoms. The Morgan fingerprint density at radius 3 is 2.47 bits per heavy atom. The molecule has 2 heteroatoms. The normalized spacial score (nSPS) is 61.2. The van der Waals surface area contributed by atoms with Gasteiger partial charge in [-0.05, 0) is 61.2 Å². The number of hydrogen-bond donors (Lipinski definition) is 2. The van der Waals surface area contributed by atoms with E-state index in [4.69, 9.17) is 0 Å². The second kappa shape index (κ2) is 3.27. The van der Waals surface area contributed by atoms with E-state index in [1.165, 1.54) is 0 Å². The van der Waals surface area contributed by atoms with E-state index >= 15 is 0 Å². The van der Waals surface area contributed by atoms with Gasteiger partial charge in [0.05, 0.1) is 11.7 Å². The molecule has 98 valence electrons. The van der Waals surface area contributed by atoms with Gasteiger partial charge in [-0.15, -0.1) is 0 Å². The maximum absolute atomic E-state index is 10.7. The minimum absolute atomic E-state index is 0.0253. The van der Waals surface area contributed by atoms with Gasteiger partial charge in [-0.1, -0.05) is 20.8 Å². The zero-order chi connectivity index (χ0) is 12.6. The van der Waals surface area contributed by atoms with Gasteiger partial charge in [0, 0.05) is 0 Å². The van der Waals surface area contributed by atoms with Crippen LogP contribution in [0.1, 0.15) is 47.0 Å². The fraction of sp³-hybridized carbons (Fsp3) is 1.00. The predicted molar refractivity (Wildman–Crippen MR) is 67.4 cm³/mol. The average molecular weight is 238 g/mol. The van der Waals surface area contributed by atoms with E-state index in [2.05, 4.69) is 20.8 Å². The Kier molecular flexibility index (Phi) is 2.30. The quantitative estimate of drug-likeness (QED) is 0.736. The minimum atomic E-state index is -0.558. The molecule has 7 atom stereocenters. The Bertz CT molecular complexity index is 336. The Morgan fingerprint density at radius 2 is 1.88 bits per heavy atom. The first-order valence-electron chi connectivity index (χ1n) is 7.19. The van der Waals surface area contributed by atoms with Crippen molar-refractivity contribution in [3.05, 3.63) is 0 Å². The Morgan fingerprint density at radius 1 is 1.24 bits per heavy atom. The summed E-state index contributed by atoms with van der Waals surface area (Å²) in [6.45, 7) is 8.81. The van der Waals surface area contributed by atoms with Gasteiger partial charge in [0.25, 0.3) is 0 Å². The first kappa shape index (κ1) is 12.0. The van der Waals surface area contributed by atoms with Gasteiger partial charge in [0.15, 0.2) is 0 Å². The molecule has 0 aromatic carbocycles. The second-order valence-corrected chi connectivity index (χ2v) is 7.66. The summed E-state index contributed by atoms with van der Waals surface area (Å²) in [7, 11) is 0. The summed E-state index contributed by atoms with van der Waals surface area (Å²) < 4.78 is 0. The predicted octanol–water partition coefficient (Wildman–Crippen LogP) is 2.44. The van der Waals surface area contributed by atoms with Crippen molar-refractivity contribution in [1.29, 1.82) is 0 Å². The maximum atomic E-state index is 10.7. The summed E-state index contributed by atoms with van der Waals surface area (Å²) in [5.74, 6) is 3.28. The highest BCUT2D eigenvalue weighted by Gasteiger charge is 2.72. The van der Waals surface area contributed by atoms with Crippen LogP contribution in [0.4, 0.5) is 0 Å². The zero-order valence-electron chi connectivity index (χ0n) is 11.5. The van der Waals surface area contributed by atoms with Crippen molar-refractivity contribution in [2.45, 2.75) is 58.7 Å². The van der Waals surface area contributed by atoms with Crippen LogP contribution in [0.2, 0.25) is 0 Å². The molecule has 0 bridgehead atoms. The lowest BCUT2D eigenvalue weighted by molar-refractivity contribution is -0.150. The molecule has 3 saturated carbocycles. The van der Waals surface area contributed by atoms with Crippen LogP contribution in [0, 0.1) is 35.0 Å². The fourth-order valence-electron chi connectivity index (χ4n) is 5.57. The van der Waals surface area contributed by atoms with Crippen molar-refractivity contribution in [3.63, 3.8) is 0 Å². The van der Waals surface area contributed by atoms with Crippen LogP contribution in [-0.4, -0.2) is 21.9 Å². The van der Waals surface area contributed by atoms with Crippen LogP contribution in [0.3, 0.4) is 0 Å². The molecule has 3 fully saturated rings. The molecule has 0 radical (unpaired) electrons. The van der Waals surface area contributed by atoms with Crippen LogP contribution in [0.5, 0.6) is 0 Å². The molecular formula is C15H26O2. The van der Waals surface area contributed by atoms with E-state index in [1.807, 2.05) is 6.92 Å². The van der Waals surface area contributed by atoms with Gasteiger partial charge in [0.1, 0.15) is 0 Å². The van der Waals surface area contributed by atoms with E-state index in [0.29, 0.717) is 11.8 Å². The van der Waals surface area contributed by atoms with Crippen LogP contribution < -0.4 is 0 Å². The summed E-state index contributed by atoms with van der Waals surface area (Å²) in [6.07, 6.45) is 2.46. The fourth-order valence-corrected chi connectivity index (χ4v) is 5.57. The molecule has 3 aliphatic carbocycles. The molecule has 2 N–H and O–H groups in total. The first-order valence-corrected chi connectivity index (χ1v) is 7.19. The zero-order valence-corrected chi connectivity index (χ0v) is 11.5. The number of fused-ring (bicyclic) bond motifs is 3. The van der Waals surface area contributed by atoms with E-state index in [1.54, 1.807) is 0 Å². The van der Waals surface area contributed by atoms with Gasteiger partial charge < -0.3 is 10.2 Å². The van der Waals surface area contributed by atoms with Crippen LogP contribution in [0.15, 0.2) is 0 Å². The van der Waals surface area contributed by atoms with Crippen molar-refractivity contribution in [2.24, 2.45) is 35.0 Å². The minimum Gasteiger partial charge on any atom is -0.393 e. The lowest BCUT2D eigenvalue weighted by Crippen LogP contribution is -2.54. The third-order valence-corrected chi connectivity index (χ3v) is 6.19. The monoisotopic (exact) mass is 238 g/mol. The number of rotatable bonds is 1. The summed E-state index contributed by atoms with van der Waals surface area (Å²) >= 11 is 0. The van der Waals surface area contributed by atoms with E-state index < -0.39 is 5.60 Å². The lowest BCUT2D eigenvalue weighted by Gasteiger charge is -2.51. The Balaban J connectivity index is 1.92. The highest BCUT2D eigenvalue weighted by atomic mass is 16.3. The number of aliphatic hydroxyl groups excluding tert-OH is 1. The summed E-state index contributed by atoms with van der Waals surface area (Å²) in [5.41, 5.74) is -0.584. The summed E-state index contributed by atoms with van der Waals surface area (Å²) in [6, 6.07) is 0. The van der Waals surface area contributed by atoms with Crippen LogP contribution in [0.25, 0.3) is 0 Å². The van der Waals surface area contributed by atoms with Crippen molar-refractivity contribution >= 4 is 0 Å². The van der Waals surface area contributed by atoms with Crippen molar-refractivity contribution in [1.82, 2.24) is 0 Å². The van der Waals surface area contributed by atoms with Gasteiger partial charge in [-0.2, -0.15) is 0 Å². The Labute approximate surface area is 104 Å². The van der Waals surface area contributed by atoms with E-state index in [9.17, 15) is 10.2 Å². The summed E-state index contributed by atoms with van der Waals surface area (Å²) in [4.78, 5) is 0. The summed E-state index contributed by atoms with van der Waals surface area (Å²) in [5, 5.41) is 21.0. The molecule has 3 rings (SSSR count). The molecule has 3 aliphatic rings. The molecule has 2 nitrogen and oxygen atoms in total. The molecule has 0 aliphatic heterocycles. The largest absolute Gasteiger partial charge is 0.393 e. The molecule has 0 amide bonds. The molecule has 0 aromatic heterocycles. The lowest BCUT2D eigenvalue weighted by atomic mass is 9.58. The van der Waals surface area contributed by atoms with E-state index in [0.717, 1.165) is 37.0 Å². The van der Waals surface area contributed by atoms with Crippen molar-refractivity contribution in [2.75, 3.05) is 0 Å². The van der Waals surface area contributed by atoms with E-state index in [-0.39, 0.29) is 11.5 Å². The third-order valence-electron chi connectivity index (χ3n) is 6.19. The first-order chi connectivity index (χ1) is 7.79. The van der Waals surface area contributed by atoms with Crippen molar-refractivity contribution < 1.29 is 10.2 Å². The number of aliphatic hydroxyl groups is 2. The standard InChI is InChI=1S/C15H26O2/c1-8(2)11-9-7-14(3)10(16)5-6-15(4,17)13(14)12(9)11/h8-13,16-17H,5-7H2,1-4H3/t9?,10?,11?,12?,13?,14-,15-/m0/s1. The van der Waals surface area contributed by atoms with Gasteiger partial charge in [0.2, 0.25) is 0 Å². The van der Waals surface area contributed by atoms with Gasteiger partial charge >= 0.3 is 0 Å². The van der Waals surface area contributed by atoms with Crippen LogP contribution >= 0.6 is 0 Å². The maximum Gasteiger partial charge on any atom is 0.0657 e. The highest BCUT2D eigenvalue weighted by molar-refractivity contribution is 5.20. The molecule has 0 heterocycles.